The molecular formula is C11H19N3O2. The van der Waals surface area contributed by atoms with Crippen molar-refractivity contribution in [3.8, 4) is 0 Å². The zero-order valence-corrected chi connectivity index (χ0v) is 9.71. The molecule has 1 unspecified atom stereocenters. The Morgan fingerprint density at radius 2 is 2.19 bits per heavy atom. The molecule has 5 heteroatoms. The molecule has 90 valence electrons. The maximum absolute atomic E-state index is 12.3. The van der Waals surface area contributed by atoms with Gasteiger partial charge in [-0.05, 0) is 32.7 Å². The summed E-state index contributed by atoms with van der Waals surface area (Å²) in [5.74, 6) is 0.0227. The Morgan fingerprint density at radius 1 is 1.38 bits per heavy atom. The van der Waals surface area contributed by atoms with E-state index in [1.165, 1.54) is 0 Å². The largest absolute Gasteiger partial charge is 0.354 e. The van der Waals surface area contributed by atoms with Crippen LogP contribution in [0.15, 0.2) is 0 Å². The van der Waals surface area contributed by atoms with Crippen LogP contribution in [0.2, 0.25) is 0 Å². The average molecular weight is 225 g/mol. The van der Waals surface area contributed by atoms with Gasteiger partial charge in [-0.1, -0.05) is 0 Å². The molecule has 0 bridgehead atoms. The van der Waals surface area contributed by atoms with Crippen molar-refractivity contribution in [1.29, 1.82) is 0 Å². The van der Waals surface area contributed by atoms with Gasteiger partial charge in [-0.15, -0.1) is 0 Å². The van der Waals surface area contributed by atoms with E-state index < -0.39 is 5.54 Å². The van der Waals surface area contributed by atoms with Gasteiger partial charge in [0.25, 0.3) is 0 Å². The number of hydrogen-bond donors (Lipinski definition) is 2. The van der Waals surface area contributed by atoms with Crippen LogP contribution in [0.3, 0.4) is 0 Å². The van der Waals surface area contributed by atoms with Crippen LogP contribution in [0.4, 0.5) is 0 Å². The first-order valence-electron chi connectivity index (χ1n) is 5.93. The van der Waals surface area contributed by atoms with Crippen LogP contribution in [0.5, 0.6) is 0 Å². The highest BCUT2D eigenvalue weighted by molar-refractivity contribution is 5.90. The van der Waals surface area contributed by atoms with Gasteiger partial charge in [0.2, 0.25) is 11.8 Å². The van der Waals surface area contributed by atoms with E-state index >= 15 is 0 Å². The van der Waals surface area contributed by atoms with E-state index in [9.17, 15) is 9.59 Å². The normalized spacial score (nSPS) is 31.1. The highest BCUT2D eigenvalue weighted by Gasteiger charge is 2.39. The minimum atomic E-state index is -0.454. The first kappa shape index (κ1) is 11.4. The summed E-state index contributed by atoms with van der Waals surface area (Å²) in [4.78, 5) is 25.4. The molecule has 2 saturated heterocycles. The Kier molecular flexibility index (Phi) is 3.14. The molecule has 2 aliphatic rings. The Labute approximate surface area is 95.6 Å². The van der Waals surface area contributed by atoms with Crippen LogP contribution in [-0.2, 0) is 9.59 Å². The van der Waals surface area contributed by atoms with Crippen molar-refractivity contribution in [2.45, 2.75) is 31.7 Å². The third-order valence-electron chi connectivity index (χ3n) is 3.39. The standard InChI is InChI=1S/C11H19N3O2/c1-11(4-2-6-13-11)10(16)14-7-3-5-12-9(15)8-14/h13H,2-8H2,1H3,(H,12,15). The lowest BCUT2D eigenvalue weighted by Gasteiger charge is -2.30. The van der Waals surface area contributed by atoms with Gasteiger partial charge in [-0.2, -0.15) is 0 Å². The van der Waals surface area contributed by atoms with E-state index in [-0.39, 0.29) is 18.4 Å². The quantitative estimate of drug-likeness (QED) is 0.631. The van der Waals surface area contributed by atoms with Gasteiger partial charge in [0, 0.05) is 13.1 Å². The van der Waals surface area contributed by atoms with Gasteiger partial charge >= 0.3 is 0 Å². The molecule has 2 fully saturated rings. The number of nitrogens with one attached hydrogen (secondary N) is 2. The first-order chi connectivity index (χ1) is 7.62. The summed E-state index contributed by atoms with van der Waals surface area (Å²) in [5, 5.41) is 6.02. The predicted molar refractivity (Wildman–Crippen MR) is 59.8 cm³/mol. The molecule has 0 saturated carbocycles. The second-order valence-corrected chi connectivity index (χ2v) is 4.79. The fourth-order valence-electron chi connectivity index (χ4n) is 2.41. The number of nitrogens with zero attached hydrogens (tertiary/aromatic N) is 1. The highest BCUT2D eigenvalue weighted by Crippen LogP contribution is 2.21. The lowest BCUT2D eigenvalue weighted by molar-refractivity contribution is -0.140. The SMILES string of the molecule is CC1(C(=O)N2CCCNC(=O)C2)CCCN1. The zero-order valence-electron chi connectivity index (χ0n) is 9.71. The van der Waals surface area contributed by atoms with E-state index in [2.05, 4.69) is 10.6 Å². The average Bonchev–Trinajstić information content (AvgIpc) is 2.58. The Bertz CT molecular complexity index is 298. The molecule has 2 N–H and O–H groups in total. The molecule has 0 aromatic rings. The number of hydrogen-bond acceptors (Lipinski definition) is 3. The van der Waals surface area contributed by atoms with Gasteiger partial charge in [0.15, 0.2) is 0 Å². The van der Waals surface area contributed by atoms with Crippen molar-refractivity contribution in [1.82, 2.24) is 15.5 Å². The third kappa shape index (κ3) is 2.19. The van der Waals surface area contributed by atoms with Crippen molar-refractivity contribution >= 4 is 11.8 Å². The summed E-state index contributed by atoms with van der Waals surface area (Å²) in [6.45, 7) is 4.38. The molecule has 0 aliphatic carbocycles. The Balaban J connectivity index is 2.05. The molecule has 0 spiro atoms. The second kappa shape index (κ2) is 4.41. The molecule has 0 aromatic heterocycles. The fourth-order valence-corrected chi connectivity index (χ4v) is 2.41. The van der Waals surface area contributed by atoms with Gasteiger partial charge < -0.3 is 15.5 Å². The summed E-state index contributed by atoms with van der Waals surface area (Å²) in [7, 11) is 0. The van der Waals surface area contributed by atoms with Crippen LogP contribution in [0.1, 0.15) is 26.2 Å². The Hall–Kier alpha value is -1.10. The van der Waals surface area contributed by atoms with Crippen LogP contribution in [0, 0.1) is 0 Å². The highest BCUT2D eigenvalue weighted by atomic mass is 16.2. The van der Waals surface area contributed by atoms with E-state index in [4.69, 9.17) is 0 Å². The summed E-state index contributed by atoms with van der Waals surface area (Å²) in [6.07, 6.45) is 2.74. The topological polar surface area (TPSA) is 61.4 Å². The summed E-state index contributed by atoms with van der Waals surface area (Å²) in [5.41, 5.74) is -0.454. The number of amides is 2. The summed E-state index contributed by atoms with van der Waals surface area (Å²) >= 11 is 0. The summed E-state index contributed by atoms with van der Waals surface area (Å²) in [6, 6.07) is 0. The van der Waals surface area contributed by atoms with E-state index in [1.807, 2.05) is 6.92 Å². The number of rotatable bonds is 1. The monoisotopic (exact) mass is 225 g/mol. The molecule has 2 aliphatic heterocycles. The number of carbonyl (C=O) groups is 2. The maximum atomic E-state index is 12.3. The molecular weight excluding hydrogens is 206 g/mol. The molecule has 16 heavy (non-hydrogen) atoms. The van der Waals surface area contributed by atoms with Crippen molar-refractivity contribution in [3.63, 3.8) is 0 Å². The van der Waals surface area contributed by atoms with Crippen molar-refractivity contribution < 1.29 is 9.59 Å². The van der Waals surface area contributed by atoms with E-state index in [0.29, 0.717) is 13.1 Å². The van der Waals surface area contributed by atoms with Crippen molar-refractivity contribution in [3.05, 3.63) is 0 Å². The zero-order chi connectivity index (χ0) is 11.6. The molecule has 0 aromatic carbocycles. The smallest absolute Gasteiger partial charge is 0.243 e. The first-order valence-corrected chi connectivity index (χ1v) is 5.93. The fraction of sp³-hybridized carbons (Fsp3) is 0.818. The minimum absolute atomic E-state index is 0.0487. The molecule has 2 rings (SSSR count). The third-order valence-corrected chi connectivity index (χ3v) is 3.39. The second-order valence-electron chi connectivity index (χ2n) is 4.79. The minimum Gasteiger partial charge on any atom is -0.354 e. The number of carbonyl (C=O) groups excluding carboxylic acids is 2. The lowest BCUT2D eigenvalue weighted by atomic mass is 9.98. The van der Waals surface area contributed by atoms with Crippen LogP contribution < -0.4 is 10.6 Å². The predicted octanol–water partition coefficient (Wildman–Crippen LogP) is -0.523. The molecule has 0 radical (unpaired) electrons. The molecule has 1 atom stereocenters. The van der Waals surface area contributed by atoms with E-state index in [0.717, 1.165) is 25.8 Å². The van der Waals surface area contributed by atoms with E-state index in [1.54, 1.807) is 4.90 Å². The molecule has 2 heterocycles. The van der Waals surface area contributed by atoms with Crippen molar-refractivity contribution in [2.75, 3.05) is 26.2 Å². The Morgan fingerprint density at radius 3 is 2.88 bits per heavy atom. The van der Waals surface area contributed by atoms with Crippen LogP contribution >= 0.6 is 0 Å². The van der Waals surface area contributed by atoms with Gasteiger partial charge in [-0.3, -0.25) is 9.59 Å². The van der Waals surface area contributed by atoms with Gasteiger partial charge in [0.05, 0.1) is 12.1 Å². The molecule has 5 nitrogen and oxygen atoms in total. The lowest BCUT2D eigenvalue weighted by Crippen LogP contribution is -2.54. The maximum Gasteiger partial charge on any atom is 0.243 e. The summed E-state index contributed by atoms with van der Waals surface area (Å²) < 4.78 is 0. The molecule has 2 amide bonds. The van der Waals surface area contributed by atoms with Gasteiger partial charge in [-0.25, -0.2) is 0 Å². The van der Waals surface area contributed by atoms with Crippen LogP contribution in [0.25, 0.3) is 0 Å². The van der Waals surface area contributed by atoms with Crippen LogP contribution in [-0.4, -0.2) is 48.4 Å². The van der Waals surface area contributed by atoms with Crippen molar-refractivity contribution in [2.24, 2.45) is 0 Å². The van der Waals surface area contributed by atoms with Gasteiger partial charge in [0.1, 0.15) is 0 Å².